The smallest absolute Gasteiger partial charge is 0.337 e. The van der Waals surface area contributed by atoms with Crippen molar-refractivity contribution < 1.29 is 14.0 Å². The Hall–Kier alpha value is -1.61. The van der Waals surface area contributed by atoms with Crippen LogP contribution in [-0.2, 0) is 11.3 Å². The highest BCUT2D eigenvalue weighted by molar-refractivity contribution is 5.89. The van der Waals surface area contributed by atoms with Crippen molar-refractivity contribution in [3.8, 4) is 0 Å². The molecular weight excluding hydrogens is 298 g/mol. The fourth-order valence-corrected chi connectivity index (χ4v) is 4.16. The molecule has 0 spiro atoms. The van der Waals surface area contributed by atoms with Crippen molar-refractivity contribution in [1.82, 2.24) is 0 Å². The molecule has 0 saturated carbocycles. The van der Waals surface area contributed by atoms with Crippen LogP contribution in [0, 0.1) is 17.8 Å². The summed E-state index contributed by atoms with van der Waals surface area (Å²) >= 11 is 0. The fourth-order valence-electron chi connectivity index (χ4n) is 4.16. The van der Waals surface area contributed by atoms with Gasteiger partial charge in [0.15, 0.2) is 0 Å². The van der Waals surface area contributed by atoms with Gasteiger partial charge >= 0.3 is 5.97 Å². The summed E-state index contributed by atoms with van der Waals surface area (Å²) < 4.78 is 5.72. The minimum atomic E-state index is -0.276. The molecule has 0 aliphatic heterocycles. The minimum Gasteiger partial charge on any atom is -0.465 e. The molecule has 0 amide bonds. The molecule has 0 heterocycles. The van der Waals surface area contributed by atoms with Crippen molar-refractivity contribution in [2.75, 3.05) is 27.7 Å². The van der Waals surface area contributed by atoms with E-state index >= 15 is 0 Å². The van der Waals surface area contributed by atoms with Crippen LogP contribution in [0.5, 0.6) is 0 Å². The summed E-state index contributed by atoms with van der Waals surface area (Å²) in [6, 6.07) is 7.81. The number of benzene rings is 1. The summed E-state index contributed by atoms with van der Waals surface area (Å²) in [4.78, 5) is 11.5. The maximum atomic E-state index is 11.5. The Morgan fingerprint density at radius 3 is 2.38 bits per heavy atom. The van der Waals surface area contributed by atoms with Crippen LogP contribution in [-0.4, -0.2) is 38.2 Å². The monoisotopic (exact) mass is 330 g/mol. The van der Waals surface area contributed by atoms with Crippen LogP contribution >= 0.6 is 0 Å². The molecule has 0 unspecified atom stereocenters. The molecule has 132 valence electrons. The van der Waals surface area contributed by atoms with Crippen LogP contribution in [0.15, 0.2) is 35.9 Å². The zero-order valence-corrected chi connectivity index (χ0v) is 16.0. The molecule has 0 saturated heterocycles. The van der Waals surface area contributed by atoms with Crippen molar-refractivity contribution in [2.24, 2.45) is 17.8 Å². The van der Waals surface area contributed by atoms with Gasteiger partial charge in [0.2, 0.25) is 0 Å². The molecule has 0 N–H and O–H groups in total. The summed E-state index contributed by atoms with van der Waals surface area (Å²) in [6.07, 6.45) is 3.68. The van der Waals surface area contributed by atoms with E-state index in [1.54, 1.807) is 0 Å². The number of esters is 1. The van der Waals surface area contributed by atoms with Crippen LogP contribution in [0.4, 0.5) is 0 Å². The molecule has 1 aliphatic rings. The Labute approximate surface area is 146 Å². The molecule has 1 aromatic carbocycles. The van der Waals surface area contributed by atoms with E-state index in [9.17, 15) is 4.79 Å². The molecule has 0 aromatic heterocycles. The van der Waals surface area contributed by atoms with Gasteiger partial charge in [-0.1, -0.05) is 37.6 Å². The van der Waals surface area contributed by atoms with Crippen molar-refractivity contribution in [2.45, 2.75) is 33.7 Å². The number of quaternary nitrogens is 1. The lowest BCUT2D eigenvalue weighted by atomic mass is 9.74. The van der Waals surface area contributed by atoms with E-state index in [1.807, 2.05) is 24.3 Å². The second-order valence-electron chi connectivity index (χ2n) is 8.18. The van der Waals surface area contributed by atoms with Crippen LogP contribution < -0.4 is 0 Å². The number of hydrogen-bond acceptors (Lipinski definition) is 2. The summed E-state index contributed by atoms with van der Waals surface area (Å²) in [5, 5.41) is 0. The third-order valence-corrected chi connectivity index (χ3v) is 5.29. The van der Waals surface area contributed by atoms with Crippen molar-refractivity contribution in [1.29, 1.82) is 0 Å². The number of hydrogen-bond donors (Lipinski definition) is 0. The van der Waals surface area contributed by atoms with Gasteiger partial charge in [0.1, 0.15) is 6.54 Å². The summed E-state index contributed by atoms with van der Waals surface area (Å²) in [5.74, 6) is 1.83. The maximum absolute atomic E-state index is 11.5. The van der Waals surface area contributed by atoms with Gasteiger partial charge in [-0.05, 0) is 37.3 Å². The number of rotatable bonds is 5. The number of nitrogens with zero attached hydrogens (tertiary/aromatic N) is 1. The topological polar surface area (TPSA) is 26.3 Å². The summed E-state index contributed by atoms with van der Waals surface area (Å²) in [7, 11) is 6.02. The highest BCUT2D eigenvalue weighted by atomic mass is 16.5. The molecule has 3 heteroatoms. The first-order valence-corrected chi connectivity index (χ1v) is 8.88. The molecule has 3 atom stereocenters. The van der Waals surface area contributed by atoms with Gasteiger partial charge in [-0.15, -0.1) is 0 Å². The second kappa shape index (κ2) is 7.52. The lowest BCUT2D eigenvalue weighted by Gasteiger charge is -2.40. The summed E-state index contributed by atoms with van der Waals surface area (Å²) in [5.41, 5.74) is 3.41. The third kappa shape index (κ3) is 4.70. The zero-order chi connectivity index (χ0) is 17.9. The number of allylic oxidation sites excluding steroid dienone is 2. The number of carbonyl (C=O) groups excluding carboxylic acids is 1. The van der Waals surface area contributed by atoms with Crippen LogP contribution in [0.25, 0.3) is 0 Å². The molecule has 3 nitrogen and oxygen atoms in total. The van der Waals surface area contributed by atoms with Gasteiger partial charge in [0.05, 0.1) is 33.3 Å². The van der Waals surface area contributed by atoms with Gasteiger partial charge in [-0.2, -0.15) is 0 Å². The lowest BCUT2D eigenvalue weighted by molar-refractivity contribution is -0.907. The number of ether oxygens (including phenoxy) is 1. The normalized spacial score (nSPS) is 24.4. The maximum Gasteiger partial charge on any atom is 0.337 e. The number of carbonyl (C=O) groups is 1. The molecule has 0 radical (unpaired) electrons. The van der Waals surface area contributed by atoms with Gasteiger partial charge in [0.25, 0.3) is 0 Å². The van der Waals surface area contributed by atoms with Crippen molar-refractivity contribution in [3.05, 3.63) is 47.0 Å². The summed E-state index contributed by atoms with van der Waals surface area (Å²) in [6.45, 7) is 9.15. The van der Waals surface area contributed by atoms with Gasteiger partial charge < -0.3 is 9.22 Å². The molecule has 1 aromatic rings. The van der Waals surface area contributed by atoms with E-state index in [0.717, 1.165) is 22.9 Å². The Balaban J connectivity index is 2.04. The van der Waals surface area contributed by atoms with Crippen LogP contribution in [0.2, 0.25) is 0 Å². The van der Waals surface area contributed by atoms with Gasteiger partial charge in [-0.25, -0.2) is 4.79 Å². The van der Waals surface area contributed by atoms with E-state index in [1.165, 1.54) is 31.2 Å². The van der Waals surface area contributed by atoms with E-state index in [4.69, 9.17) is 4.74 Å². The predicted molar refractivity (Wildman–Crippen MR) is 98.7 cm³/mol. The standard InChI is InChI=1S/C21H32NO2/c1-15-11-16(2)20(17(3)12-15)14-22(4,5)13-18-7-9-19(10-8-18)21(23)24-6/h7-11,16-17,20H,12-14H2,1-6H3/q+1/t16-,17+,20+/m1/s1. The van der Waals surface area contributed by atoms with Gasteiger partial charge in [-0.3, -0.25) is 0 Å². The molecule has 0 bridgehead atoms. The minimum absolute atomic E-state index is 0.276. The molecule has 24 heavy (non-hydrogen) atoms. The first-order chi connectivity index (χ1) is 11.2. The largest absolute Gasteiger partial charge is 0.465 e. The second-order valence-corrected chi connectivity index (χ2v) is 8.18. The van der Waals surface area contributed by atoms with E-state index in [0.29, 0.717) is 11.5 Å². The average Bonchev–Trinajstić information content (AvgIpc) is 2.50. The highest BCUT2D eigenvalue weighted by Crippen LogP contribution is 2.35. The Morgan fingerprint density at radius 2 is 1.83 bits per heavy atom. The van der Waals surface area contributed by atoms with E-state index < -0.39 is 0 Å². The van der Waals surface area contributed by atoms with Crippen molar-refractivity contribution in [3.63, 3.8) is 0 Å². The predicted octanol–water partition coefficient (Wildman–Crippen LogP) is 4.29. The van der Waals surface area contributed by atoms with Gasteiger partial charge in [0, 0.05) is 11.5 Å². The van der Waals surface area contributed by atoms with Crippen LogP contribution in [0.3, 0.4) is 0 Å². The SMILES string of the molecule is COC(=O)c1ccc(C[N+](C)(C)C[C@H]2[C@H](C)C=C(C)C[C@@H]2C)cc1. The van der Waals surface area contributed by atoms with E-state index in [2.05, 4.69) is 40.9 Å². The Bertz CT molecular complexity index is 601. The quantitative estimate of drug-likeness (QED) is 0.457. The lowest BCUT2D eigenvalue weighted by Crippen LogP contribution is -2.46. The first kappa shape index (κ1) is 18.7. The van der Waals surface area contributed by atoms with Crippen molar-refractivity contribution >= 4 is 5.97 Å². The molecule has 1 aliphatic carbocycles. The van der Waals surface area contributed by atoms with Crippen LogP contribution in [0.1, 0.15) is 43.1 Å². The molecule has 2 rings (SSSR count). The molecular formula is C21H32NO2+. The molecule has 0 fully saturated rings. The Kier molecular flexibility index (Phi) is 5.87. The van der Waals surface area contributed by atoms with E-state index in [-0.39, 0.29) is 5.97 Å². The average molecular weight is 330 g/mol. The fraction of sp³-hybridized carbons (Fsp3) is 0.571. The Morgan fingerprint density at radius 1 is 1.21 bits per heavy atom. The zero-order valence-electron chi connectivity index (χ0n) is 16.0. The number of methoxy groups -OCH3 is 1. The third-order valence-electron chi connectivity index (χ3n) is 5.29. The highest BCUT2D eigenvalue weighted by Gasteiger charge is 2.32. The first-order valence-electron chi connectivity index (χ1n) is 8.88.